The third-order valence-corrected chi connectivity index (χ3v) is 3.00. The fourth-order valence-corrected chi connectivity index (χ4v) is 2.12. The van der Waals surface area contributed by atoms with E-state index in [9.17, 15) is 0 Å². The van der Waals surface area contributed by atoms with Crippen LogP contribution in [0.2, 0.25) is 0 Å². The van der Waals surface area contributed by atoms with E-state index in [-0.39, 0.29) is 12.2 Å². The van der Waals surface area contributed by atoms with Crippen LogP contribution in [0.3, 0.4) is 0 Å². The van der Waals surface area contributed by atoms with Gasteiger partial charge in [0.1, 0.15) is 0 Å². The fourth-order valence-electron chi connectivity index (χ4n) is 2.12. The summed E-state index contributed by atoms with van der Waals surface area (Å²) in [6, 6.07) is 8.38. The maximum absolute atomic E-state index is 5.51. The van der Waals surface area contributed by atoms with Gasteiger partial charge in [0.25, 0.3) is 0 Å². The third-order valence-electron chi connectivity index (χ3n) is 3.00. The molecule has 16 heavy (non-hydrogen) atoms. The van der Waals surface area contributed by atoms with E-state index in [0.717, 1.165) is 12.8 Å². The second-order valence-corrected chi connectivity index (χ2v) is 3.89. The number of methoxy groups -OCH3 is 2. The highest BCUT2D eigenvalue weighted by molar-refractivity contribution is 5.31. The molecule has 0 heterocycles. The van der Waals surface area contributed by atoms with Crippen molar-refractivity contribution in [1.29, 1.82) is 0 Å². The maximum atomic E-state index is 5.51. The van der Waals surface area contributed by atoms with Crippen molar-refractivity contribution in [2.24, 2.45) is 0 Å². The van der Waals surface area contributed by atoms with Crippen LogP contribution in [-0.4, -0.2) is 14.2 Å². The van der Waals surface area contributed by atoms with E-state index in [1.54, 1.807) is 14.2 Å². The molecule has 0 aliphatic carbocycles. The quantitative estimate of drug-likeness (QED) is 0.727. The molecule has 0 saturated heterocycles. The monoisotopic (exact) mass is 222 g/mol. The van der Waals surface area contributed by atoms with Gasteiger partial charge < -0.3 is 9.47 Å². The van der Waals surface area contributed by atoms with Crippen molar-refractivity contribution in [3.05, 3.63) is 35.4 Å². The van der Waals surface area contributed by atoms with Crippen LogP contribution >= 0.6 is 0 Å². The molecule has 0 saturated carbocycles. The van der Waals surface area contributed by atoms with Gasteiger partial charge in [-0.25, -0.2) is 0 Å². The molecule has 2 nitrogen and oxygen atoms in total. The number of ether oxygens (including phenoxy) is 2. The predicted octanol–water partition coefficient (Wildman–Crippen LogP) is 3.88. The first-order chi connectivity index (χ1) is 7.78. The topological polar surface area (TPSA) is 18.5 Å². The maximum Gasteiger partial charge on any atom is 0.0822 e. The van der Waals surface area contributed by atoms with Gasteiger partial charge in [-0.05, 0) is 24.0 Å². The SMILES string of the molecule is CCC(OC)c1ccccc1C(CC)OC. The van der Waals surface area contributed by atoms with E-state index >= 15 is 0 Å². The Kier molecular flexibility index (Phi) is 5.50. The van der Waals surface area contributed by atoms with Crippen LogP contribution < -0.4 is 0 Å². The van der Waals surface area contributed by atoms with Crippen molar-refractivity contribution >= 4 is 0 Å². The minimum Gasteiger partial charge on any atom is -0.377 e. The Bertz CT molecular complexity index is 270. The summed E-state index contributed by atoms with van der Waals surface area (Å²) in [7, 11) is 3.53. The molecule has 1 rings (SSSR count). The molecule has 0 fully saturated rings. The molecule has 0 radical (unpaired) electrons. The molecule has 1 aromatic carbocycles. The molecule has 2 heteroatoms. The average molecular weight is 222 g/mol. The zero-order chi connectivity index (χ0) is 12.0. The standard InChI is InChI=1S/C14H22O2/c1-5-13(15-3)11-9-7-8-10-12(11)14(6-2)16-4/h7-10,13-14H,5-6H2,1-4H3. The molecule has 90 valence electrons. The summed E-state index contributed by atoms with van der Waals surface area (Å²) in [5, 5.41) is 0. The van der Waals surface area contributed by atoms with E-state index < -0.39 is 0 Å². The van der Waals surface area contributed by atoms with E-state index in [4.69, 9.17) is 9.47 Å². The Hall–Kier alpha value is -0.860. The van der Waals surface area contributed by atoms with Crippen LogP contribution in [0.4, 0.5) is 0 Å². The van der Waals surface area contributed by atoms with Gasteiger partial charge in [0.2, 0.25) is 0 Å². The summed E-state index contributed by atoms with van der Waals surface area (Å²) >= 11 is 0. The van der Waals surface area contributed by atoms with Crippen LogP contribution in [0.25, 0.3) is 0 Å². The Labute approximate surface area is 98.6 Å². The Morgan fingerprint density at radius 3 is 1.50 bits per heavy atom. The van der Waals surface area contributed by atoms with Crippen molar-refractivity contribution < 1.29 is 9.47 Å². The zero-order valence-corrected chi connectivity index (χ0v) is 10.7. The van der Waals surface area contributed by atoms with Gasteiger partial charge in [-0.15, -0.1) is 0 Å². The van der Waals surface area contributed by atoms with Gasteiger partial charge in [0.15, 0.2) is 0 Å². The van der Waals surface area contributed by atoms with Crippen LogP contribution in [0.15, 0.2) is 24.3 Å². The lowest BCUT2D eigenvalue weighted by Gasteiger charge is -2.22. The van der Waals surface area contributed by atoms with Gasteiger partial charge in [-0.2, -0.15) is 0 Å². The number of benzene rings is 1. The molecule has 0 aliphatic heterocycles. The lowest BCUT2D eigenvalue weighted by atomic mass is 9.95. The van der Waals surface area contributed by atoms with Gasteiger partial charge in [0.05, 0.1) is 12.2 Å². The highest BCUT2D eigenvalue weighted by Gasteiger charge is 2.17. The lowest BCUT2D eigenvalue weighted by Crippen LogP contribution is -2.08. The summed E-state index contributed by atoms with van der Waals surface area (Å²) in [6.07, 6.45) is 2.29. The molecule has 2 atom stereocenters. The number of hydrogen-bond donors (Lipinski definition) is 0. The highest BCUT2D eigenvalue weighted by Crippen LogP contribution is 2.30. The van der Waals surface area contributed by atoms with Gasteiger partial charge >= 0.3 is 0 Å². The third kappa shape index (κ3) is 2.83. The molecular formula is C14H22O2. The highest BCUT2D eigenvalue weighted by atomic mass is 16.5. The minimum absolute atomic E-state index is 0.167. The van der Waals surface area contributed by atoms with Crippen molar-refractivity contribution in [3.8, 4) is 0 Å². The van der Waals surface area contributed by atoms with Crippen molar-refractivity contribution in [2.45, 2.75) is 38.9 Å². The van der Waals surface area contributed by atoms with Crippen molar-refractivity contribution in [2.75, 3.05) is 14.2 Å². The lowest BCUT2D eigenvalue weighted by molar-refractivity contribution is 0.0810. The Morgan fingerprint density at radius 1 is 0.875 bits per heavy atom. The average Bonchev–Trinajstić information content (AvgIpc) is 2.34. The van der Waals surface area contributed by atoms with Gasteiger partial charge in [-0.1, -0.05) is 38.1 Å². The first kappa shape index (κ1) is 13.2. The predicted molar refractivity (Wildman–Crippen MR) is 66.5 cm³/mol. The summed E-state index contributed by atoms with van der Waals surface area (Å²) in [5.74, 6) is 0. The van der Waals surface area contributed by atoms with E-state index in [1.807, 2.05) is 0 Å². The van der Waals surface area contributed by atoms with Gasteiger partial charge in [0, 0.05) is 14.2 Å². The Morgan fingerprint density at radius 2 is 1.25 bits per heavy atom. The van der Waals surface area contributed by atoms with E-state index in [0.29, 0.717) is 0 Å². The largest absolute Gasteiger partial charge is 0.377 e. The van der Waals surface area contributed by atoms with Crippen LogP contribution in [-0.2, 0) is 9.47 Å². The summed E-state index contributed by atoms with van der Waals surface area (Å²) < 4.78 is 11.0. The van der Waals surface area contributed by atoms with Crippen molar-refractivity contribution in [1.82, 2.24) is 0 Å². The van der Waals surface area contributed by atoms with Crippen LogP contribution in [0.1, 0.15) is 50.0 Å². The number of rotatable bonds is 6. The molecular weight excluding hydrogens is 200 g/mol. The van der Waals surface area contributed by atoms with Gasteiger partial charge in [-0.3, -0.25) is 0 Å². The van der Waals surface area contributed by atoms with E-state index in [2.05, 4.69) is 38.1 Å². The zero-order valence-electron chi connectivity index (χ0n) is 10.7. The normalized spacial score (nSPS) is 14.8. The first-order valence-corrected chi connectivity index (χ1v) is 5.92. The smallest absolute Gasteiger partial charge is 0.0822 e. The molecule has 0 amide bonds. The molecule has 0 N–H and O–H groups in total. The molecule has 0 aromatic heterocycles. The van der Waals surface area contributed by atoms with Crippen molar-refractivity contribution in [3.63, 3.8) is 0 Å². The molecule has 0 spiro atoms. The van der Waals surface area contributed by atoms with E-state index in [1.165, 1.54) is 11.1 Å². The fraction of sp³-hybridized carbons (Fsp3) is 0.571. The molecule has 0 aliphatic rings. The van der Waals surface area contributed by atoms with Crippen LogP contribution in [0.5, 0.6) is 0 Å². The van der Waals surface area contributed by atoms with Crippen LogP contribution in [0, 0.1) is 0 Å². The number of hydrogen-bond acceptors (Lipinski definition) is 2. The molecule has 2 unspecified atom stereocenters. The summed E-state index contributed by atoms with van der Waals surface area (Å²) in [6.45, 7) is 4.28. The molecule has 0 bridgehead atoms. The summed E-state index contributed by atoms with van der Waals surface area (Å²) in [4.78, 5) is 0. The second kappa shape index (κ2) is 6.66. The summed E-state index contributed by atoms with van der Waals surface area (Å²) in [5.41, 5.74) is 2.50. The first-order valence-electron chi connectivity index (χ1n) is 5.92. The Balaban J connectivity index is 3.07. The minimum atomic E-state index is 0.167. The molecule has 1 aromatic rings. The second-order valence-electron chi connectivity index (χ2n) is 3.89.